The van der Waals surface area contributed by atoms with Crippen molar-refractivity contribution in [1.82, 2.24) is 0 Å². The highest BCUT2D eigenvalue weighted by Crippen LogP contribution is 2.38. The molecule has 0 spiro atoms. The van der Waals surface area contributed by atoms with Crippen molar-refractivity contribution in [1.29, 1.82) is 0 Å². The van der Waals surface area contributed by atoms with E-state index in [-0.39, 0.29) is 0 Å². The van der Waals surface area contributed by atoms with Gasteiger partial charge in [0.15, 0.2) is 0 Å². The smallest absolute Gasteiger partial charge is 0.00333 e. The fourth-order valence-electron chi connectivity index (χ4n) is 2.84. The molecule has 2 aromatic carbocycles. The van der Waals surface area contributed by atoms with Crippen LogP contribution >= 0.6 is 0 Å². The summed E-state index contributed by atoms with van der Waals surface area (Å²) < 4.78 is 0. The molecule has 0 heteroatoms. The molecule has 0 saturated heterocycles. The van der Waals surface area contributed by atoms with Gasteiger partial charge in [-0.1, -0.05) is 36.4 Å². The zero-order chi connectivity index (χ0) is 9.12. The average Bonchev–Trinajstić information content (AvgIpc) is 2.77. The lowest BCUT2D eigenvalue weighted by Crippen LogP contribution is -1.82. The molecule has 2 aromatic rings. The molecule has 0 atom stereocenters. The monoisotopic (exact) mass is 178 g/mol. The first-order valence-electron chi connectivity index (χ1n) is 5.19. The molecule has 2 aliphatic carbocycles. The SMILES string of the molecule is C1=Cc2ccc3c4c(ccc1c24)CC3. The Morgan fingerprint density at radius 3 is 1.79 bits per heavy atom. The van der Waals surface area contributed by atoms with Crippen LogP contribution in [-0.2, 0) is 12.8 Å². The van der Waals surface area contributed by atoms with Crippen LogP contribution < -0.4 is 0 Å². The number of hydrogen-bond donors (Lipinski definition) is 0. The molecule has 0 saturated carbocycles. The van der Waals surface area contributed by atoms with Crippen LogP contribution in [-0.4, -0.2) is 0 Å². The molecule has 0 radical (unpaired) electrons. The summed E-state index contributed by atoms with van der Waals surface area (Å²) in [4.78, 5) is 0. The Labute approximate surface area is 82.9 Å². The Kier molecular flexibility index (Phi) is 1.02. The van der Waals surface area contributed by atoms with E-state index in [9.17, 15) is 0 Å². The molecule has 0 amide bonds. The van der Waals surface area contributed by atoms with E-state index < -0.39 is 0 Å². The Hall–Kier alpha value is -1.56. The molecule has 0 unspecified atom stereocenters. The van der Waals surface area contributed by atoms with Crippen molar-refractivity contribution in [2.75, 3.05) is 0 Å². The number of hydrogen-bond acceptors (Lipinski definition) is 0. The zero-order valence-electron chi connectivity index (χ0n) is 7.88. The van der Waals surface area contributed by atoms with E-state index in [0.717, 1.165) is 0 Å². The van der Waals surface area contributed by atoms with Crippen LogP contribution in [0.25, 0.3) is 22.9 Å². The van der Waals surface area contributed by atoms with Crippen LogP contribution in [0.15, 0.2) is 24.3 Å². The third kappa shape index (κ3) is 0.630. The Morgan fingerprint density at radius 1 is 0.643 bits per heavy atom. The molecule has 4 rings (SSSR count). The molecule has 66 valence electrons. The molecule has 0 aromatic heterocycles. The second-order valence-corrected chi connectivity index (χ2v) is 4.21. The van der Waals surface area contributed by atoms with Crippen molar-refractivity contribution >= 4 is 22.9 Å². The fraction of sp³-hybridized carbons (Fsp3) is 0.143. The first-order chi connectivity index (χ1) is 6.93. The van der Waals surface area contributed by atoms with E-state index >= 15 is 0 Å². The van der Waals surface area contributed by atoms with Crippen LogP contribution in [0.4, 0.5) is 0 Å². The van der Waals surface area contributed by atoms with Crippen LogP contribution in [0, 0.1) is 0 Å². The molecule has 0 nitrogen and oxygen atoms in total. The number of rotatable bonds is 0. The van der Waals surface area contributed by atoms with E-state index in [4.69, 9.17) is 0 Å². The van der Waals surface area contributed by atoms with E-state index in [1.54, 1.807) is 16.5 Å². The van der Waals surface area contributed by atoms with Crippen molar-refractivity contribution in [3.8, 4) is 0 Å². The van der Waals surface area contributed by atoms with Crippen LogP contribution in [0.1, 0.15) is 22.3 Å². The Bertz CT molecular complexity index is 540. The normalized spacial score (nSPS) is 15.7. The van der Waals surface area contributed by atoms with Crippen LogP contribution in [0.2, 0.25) is 0 Å². The van der Waals surface area contributed by atoms with Gasteiger partial charge in [0.25, 0.3) is 0 Å². The second-order valence-electron chi connectivity index (χ2n) is 4.21. The third-order valence-electron chi connectivity index (χ3n) is 3.50. The maximum atomic E-state index is 2.30. The van der Waals surface area contributed by atoms with E-state index in [0.29, 0.717) is 0 Å². The van der Waals surface area contributed by atoms with Crippen molar-refractivity contribution in [2.45, 2.75) is 12.8 Å². The molecule has 0 aliphatic heterocycles. The molecule has 0 heterocycles. The molecule has 0 fully saturated rings. The first kappa shape index (κ1) is 6.83. The average molecular weight is 178 g/mol. The van der Waals surface area contributed by atoms with Gasteiger partial charge in [-0.3, -0.25) is 0 Å². The van der Waals surface area contributed by atoms with Crippen molar-refractivity contribution in [3.63, 3.8) is 0 Å². The van der Waals surface area contributed by atoms with Crippen molar-refractivity contribution in [2.24, 2.45) is 0 Å². The van der Waals surface area contributed by atoms with Gasteiger partial charge in [0, 0.05) is 0 Å². The summed E-state index contributed by atoms with van der Waals surface area (Å²) in [5, 5.41) is 3.04. The minimum absolute atomic E-state index is 1.23. The predicted octanol–water partition coefficient (Wildman–Crippen LogP) is 3.42. The van der Waals surface area contributed by atoms with E-state index in [2.05, 4.69) is 36.4 Å². The highest BCUT2D eigenvalue weighted by molar-refractivity contribution is 6.07. The molecule has 14 heavy (non-hydrogen) atoms. The Morgan fingerprint density at radius 2 is 1.21 bits per heavy atom. The third-order valence-corrected chi connectivity index (χ3v) is 3.50. The summed E-state index contributed by atoms with van der Waals surface area (Å²) >= 11 is 0. The highest BCUT2D eigenvalue weighted by atomic mass is 14.2. The zero-order valence-corrected chi connectivity index (χ0v) is 7.88. The number of aryl methyl sites for hydroxylation is 2. The molecular formula is C14H10. The fourth-order valence-corrected chi connectivity index (χ4v) is 2.84. The minimum Gasteiger partial charge on any atom is -0.0578 e. The standard InChI is InChI=1S/C14H10/c1-2-10-7-8-12-4-3-11-6-5-9(1)13(10)14(11)12/h1-2,5-8H,3-4H2. The van der Waals surface area contributed by atoms with Gasteiger partial charge in [-0.05, 0) is 45.9 Å². The van der Waals surface area contributed by atoms with Crippen molar-refractivity contribution < 1.29 is 0 Å². The largest absolute Gasteiger partial charge is 0.0578 e. The topological polar surface area (TPSA) is 0 Å². The second kappa shape index (κ2) is 2.09. The quantitative estimate of drug-likeness (QED) is 0.494. The van der Waals surface area contributed by atoms with Gasteiger partial charge in [-0.15, -0.1) is 0 Å². The van der Waals surface area contributed by atoms with Crippen LogP contribution in [0.3, 0.4) is 0 Å². The molecule has 0 bridgehead atoms. The van der Waals surface area contributed by atoms with Gasteiger partial charge in [-0.2, -0.15) is 0 Å². The number of benzene rings is 2. The summed E-state index contributed by atoms with van der Waals surface area (Å²) in [5.41, 5.74) is 5.90. The van der Waals surface area contributed by atoms with Gasteiger partial charge >= 0.3 is 0 Å². The molecule has 2 aliphatic rings. The lowest BCUT2D eigenvalue weighted by atomic mass is 10.00. The summed E-state index contributed by atoms with van der Waals surface area (Å²) in [5.74, 6) is 0. The maximum Gasteiger partial charge on any atom is -0.00333 e. The predicted molar refractivity (Wildman–Crippen MR) is 60.3 cm³/mol. The lowest BCUT2D eigenvalue weighted by Gasteiger charge is -2.04. The summed E-state index contributed by atoms with van der Waals surface area (Å²) in [6, 6.07) is 9.13. The molecule has 0 N–H and O–H groups in total. The van der Waals surface area contributed by atoms with Gasteiger partial charge < -0.3 is 0 Å². The van der Waals surface area contributed by atoms with Gasteiger partial charge in [-0.25, -0.2) is 0 Å². The summed E-state index contributed by atoms with van der Waals surface area (Å²) in [7, 11) is 0. The first-order valence-corrected chi connectivity index (χ1v) is 5.19. The summed E-state index contributed by atoms with van der Waals surface area (Å²) in [6.07, 6.45) is 6.93. The minimum atomic E-state index is 1.23. The van der Waals surface area contributed by atoms with Crippen molar-refractivity contribution in [3.05, 3.63) is 46.5 Å². The van der Waals surface area contributed by atoms with E-state index in [1.165, 1.54) is 29.4 Å². The highest BCUT2D eigenvalue weighted by Gasteiger charge is 2.18. The Balaban J connectivity index is 2.37. The lowest BCUT2D eigenvalue weighted by molar-refractivity contribution is 1.02. The summed E-state index contributed by atoms with van der Waals surface area (Å²) in [6.45, 7) is 0. The van der Waals surface area contributed by atoms with Gasteiger partial charge in [0.05, 0.1) is 0 Å². The van der Waals surface area contributed by atoms with Crippen LogP contribution in [0.5, 0.6) is 0 Å². The van der Waals surface area contributed by atoms with Gasteiger partial charge in [0.1, 0.15) is 0 Å². The maximum absolute atomic E-state index is 2.30. The molecular weight excluding hydrogens is 168 g/mol. The van der Waals surface area contributed by atoms with Gasteiger partial charge in [0.2, 0.25) is 0 Å². The van der Waals surface area contributed by atoms with E-state index in [1.807, 2.05) is 0 Å².